The lowest BCUT2D eigenvalue weighted by Gasteiger charge is -2.07. The van der Waals surface area contributed by atoms with Crippen molar-refractivity contribution in [2.75, 3.05) is 6.61 Å². The maximum absolute atomic E-state index is 5.57. The minimum Gasteiger partial charge on any atom is -0.487 e. The number of allylic oxidation sites excluding steroid dienone is 2. The average molecular weight is 375 g/mol. The lowest BCUT2D eigenvalue weighted by Crippen LogP contribution is -1.99. The molecule has 0 aromatic heterocycles. The third-order valence-corrected chi connectivity index (χ3v) is 3.06. The molecule has 96 valence electrons. The highest BCUT2D eigenvalue weighted by molar-refractivity contribution is 14.2. The standard InChI is InChI=1S/C13H14INO2S/c1-3-4-12(15-2)10-16-13-7-5-11(6-8-13)9-17-18-14/h3-8H,1-2,9-10H2/b12-4-. The Balaban J connectivity index is 2.50. The molecule has 0 unspecified atom stereocenters. The normalized spacial score (nSPS) is 11.1. The monoisotopic (exact) mass is 375 g/mol. The predicted octanol–water partition coefficient (Wildman–Crippen LogP) is 4.35. The van der Waals surface area contributed by atoms with E-state index in [-0.39, 0.29) is 0 Å². The number of ether oxygens (including phenoxy) is 1. The van der Waals surface area contributed by atoms with Gasteiger partial charge < -0.3 is 8.92 Å². The molecule has 18 heavy (non-hydrogen) atoms. The quantitative estimate of drug-likeness (QED) is 0.293. The molecule has 0 bridgehead atoms. The van der Waals surface area contributed by atoms with Gasteiger partial charge in [0.05, 0.1) is 21.5 Å². The topological polar surface area (TPSA) is 30.8 Å². The van der Waals surface area contributed by atoms with Crippen LogP contribution in [0.5, 0.6) is 5.75 Å². The molecule has 0 spiro atoms. The van der Waals surface area contributed by atoms with E-state index in [1.807, 2.05) is 24.3 Å². The van der Waals surface area contributed by atoms with E-state index in [0.29, 0.717) is 13.2 Å². The largest absolute Gasteiger partial charge is 0.487 e. The summed E-state index contributed by atoms with van der Waals surface area (Å²) < 4.78 is 10.8. The molecule has 0 atom stereocenters. The lowest BCUT2D eigenvalue weighted by atomic mass is 10.2. The van der Waals surface area contributed by atoms with Crippen molar-refractivity contribution in [3.05, 3.63) is 54.3 Å². The van der Waals surface area contributed by atoms with Crippen LogP contribution < -0.4 is 4.74 Å². The number of aliphatic imine (C=N–C) groups is 1. The lowest BCUT2D eigenvalue weighted by molar-refractivity contribution is 0.349. The molecule has 0 saturated carbocycles. The minimum atomic E-state index is 0.384. The smallest absolute Gasteiger partial charge is 0.130 e. The van der Waals surface area contributed by atoms with E-state index in [1.165, 1.54) is 9.21 Å². The van der Waals surface area contributed by atoms with Gasteiger partial charge in [0.25, 0.3) is 0 Å². The molecule has 0 heterocycles. The molecule has 3 nitrogen and oxygen atoms in total. The Bertz CT molecular complexity index is 418. The van der Waals surface area contributed by atoms with Crippen LogP contribution in [0.25, 0.3) is 0 Å². The zero-order valence-electron chi connectivity index (χ0n) is 9.84. The number of benzene rings is 1. The fraction of sp³-hybridized carbons (Fsp3) is 0.154. The summed E-state index contributed by atoms with van der Waals surface area (Å²) in [4.78, 5) is 3.84. The molecule has 5 heteroatoms. The average Bonchev–Trinajstić information content (AvgIpc) is 2.42. The third-order valence-electron chi connectivity index (χ3n) is 2.09. The Morgan fingerprint density at radius 1 is 1.39 bits per heavy atom. The number of rotatable bonds is 8. The van der Waals surface area contributed by atoms with Crippen LogP contribution in [0.3, 0.4) is 0 Å². The van der Waals surface area contributed by atoms with Crippen LogP contribution >= 0.6 is 30.4 Å². The Morgan fingerprint density at radius 2 is 2.11 bits per heavy atom. The van der Waals surface area contributed by atoms with Crippen LogP contribution in [0.15, 0.2) is 53.7 Å². The van der Waals surface area contributed by atoms with Gasteiger partial charge in [-0.15, -0.1) is 0 Å². The van der Waals surface area contributed by atoms with Crippen LogP contribution in [-0.4, -0.2) is 13.3 Å². The first-order chi connectivity index (χ1) is 8.80. The Kier molecular flexibility index (Phi) is 7.79. The zero-order chi connectivity index (χ0) is 13.2. The number of nitrogens with zero attached hydrogens (tertiary/aromatic N) is 1. The van der Waals surface area contributed by atoms with Crippen LogP contribution in [0, 0.1) is 0 Å². The molecule has 0 aliphatic rings. The summed E-state index contributed by atoms with van der Waals surface area (Å²) in [5.41, 5.74) is 1.86. The third kappa shape index (κ3) is 5.70. The second kappa shape index (κ2) is 9.18. The van der Waals surface area contributed by atoms with Crippen molar-refractivity contribution in [3.63, 3.8) is 0 Å². The van der Waals surface area contributed by atoms with Gasteiger partial charge in [0, 0.05) is 21.2 Å². The molecule has 0 aliphatic heterocycles. The summed E-state index contributed by atoms with van der Waals surface area (Å²) in [5, 5.41) is 0. The van der Waals surface area contributed by atoms with Gasteiger partial charge in [0.2, 0.25) is 0 Å². The highest BCUT2D eigenvalue weighted by atomic mass is 127. The summed E-state index contributed by atoms with van der Waals surface area (Å²) in [6, 6.07) is 7.76. The highest BCUT2D eigenvalue weighted by Gasteiger charge is 1.98. The van der Waals surface area contributed by atoms with Crippen LogP contribution in [0.2, 0.25) is 0 Å². The summed E-state index contributed by atoms with van der Waals surface area (Å²) in [6.45, 7) is 8.05. The molecule has 1 aromatic carbocycles. The van der Waals surface area contributed by atoms with Gasteiger partial charge in [0.15, 0.2) is 0 Å². The molecule has 1 aromatic rings. The van der Waals surface area contributed by atoms with E-state index in [1.54, 1.807) is 12.2 Å². The second-order valence-electron chi connectivity index (χ2n) is 3.31. The van der Waals surface area contributed by atoms with E-state index in [4.69, 9.17) is 8.92 Å². The van der Waals surface area contributed by atoms with E-state index >= 15 is 0 Å². The second-order valence-corrected chi connectivity index (χ2v) is 4.75. The van der Waals surface area contributed by atoms with Crippen molar-refractivity contribution < 1.29 is 8.92 Å². The van der Waals surface area contributed by atoms with Crippen molar-refractivity contribution >= 4 is 37.1 Å². The van der Waals surface area contributed by atoms with Crippen LogP contribution in [0.1, 0.15) is 5.56 Å². The summed E-state index contributed by atoms with van der Waals surface area (Å²) in [7, 11) is 1.33. The van der Waals surface area contributed by atoms with Crippen molar-refractivity contribution in [1.29, 1.82) is 0 Å². The molecule has 0 aliphatic carbocycles. The molecule has 0 saturated heterocycles. The van der Waals surface area contributed by atoms with Gasteiger partial charge in [-0.3, -0.25) is 4.99 Å². The van der Waals surface area contributed by atoms with Crippen LogP contribution in [-0.2, 0) is 10.8 Å². The summed E-state index contributed by atoms with van der Waals surface area (Å²) in [5.74, 6) is 0.791. The molecule has 0 N–H and O–H groups in total. The first-order valence-electron chi connectivity index (χ1n) is 5.20. The molecule has 0 radical (unpaired) electrons. The predicted molar refractivity (Wildman–Crippen MR) is 86.2 cm³/mol. The molecular weight excluding hydrogens is 361 g/mol. The van der Waals surface area contributed by atoms with Crippen molar-refractivity contribution in [2.45, 2.75) is 6.61 Å². The van der Waals surface area contributed by atoms with Crippen molar-refractivity contribution in [3.8, 4) is 5.75 Å². The first kappa shape index (κ1) is 15.3. The summed E-state index contributed by atoms with van der Waals surface area (Å²) >= 11 is 2.09. The van der Waals surface area contributed by atoms with E-state index in [2.05, 4.69) is 39.5 Å². The van der Waals surface area contributed by atoms with E-state index in [0.717, 1.165) is 17.0 Å². The fourth-order valence-electron chi connectivity index (χ4n) is 1.21. The molecule has 1 rings (SSSR count). The van der Waals surface area contributed by atoms with Crippen molar-refractivity contribution in [2.24, 2.45) is 4.99 Å². The van der Waals surface area contributed by atoms with Crippen molar-refractivity contribution in [1.82, 2.24) is 0 Å². The molecule has 0 amide bonds. The summed E-state index contributed by atoms with van der Waals surface area (Å²) in [6.07, 6.45) is 3.43. The zero-order valence-corrected chi connectivity index (χ0v) is 12.8. The minimum absolute atomic E-state index is 0.384. The SMILES string of the molecule is C=C/C=C(/COc1ccc(COSI)cc1)N=C. The van der Waals surface area contributed by atoms with E-state index < -0.39 is 0 Å². The number of halogens is 1. The molecular formula is C13H14INO2S. The van der Waals surface area contributed by atoms with Gasteiger partial charge in [0.1, 0.15) is 12.4 Å². The Labute approximate surface area is 124 Å². The fourth-order valence-corrected chi connectivity index (χ4v) is 1.77. The van der Waals surface area contributed by atoms with Gasteiger partial charge in [-0.1, -0.05) is 24.8 Å². The van der Waals surface area contributed by atoms with Gasteiger partial charge in [-0.05, 0) is 30.5 Å². The first-order valence-corrected chi connectivity index (χ1v) is 8.49. The van der Waals surface area contributed by atoms with Gasteiger partial charge in [-0.25, -0.2) is 0 Å². The van der Waals surface area contributed by atoms with Gasteiger partial charge in [-0.2, -0.15) is 0 Å². The number of hydrogen-bond acceptors (Lipinski definition) is 4. The Hall–Kier alpha value is -0.790. The Morgan fingerprint density at radius 3 is 2.67 bits per heavy atom. The molecule has 0 fully saturated rings. The highest BCUT2D eigenvalue weighted by Crippen LogP contribution is 2.18. The van der Waals surface area contributed by atoms with Crippen LogP contribution in [0.4, 0.5) is 0 Å². The maximum atomic E-state index is 5.57. The van der Waals surface area contributed by atoms with Gasteiger partial charge >= 0.3 is 0 Å². The van der Waals surface area contributed by atoms with E-state index in [9.17, 15) is 0 Å². The maximum Gasteiger partial charge on any atom is 0.130 e. The number of hydrogen-bond donors (Lipinski definition) is 0.